The first-order valence-corrected chi connectivity index (χ1v) is 9.26. The summed E-state index contributed by atoms with van der Waals surface area (Å²) >= 11 is 0. The molecule has 4 saturated heterocycles. The first-order valence-electron chi connectivity index (χ1n) is 9.26. The van der Waals surface area contributed by atoms with Crippen molar-refractivity contribution in [1.82, 2.24) is 15.1 Å². The van der Waals surface area contributed by atoms with E-state index in [-0.39, 0.29) is 6.09 Å². The van der Waals surface area contributed by atoms with E-state index >= 15 is 0 Å². The van der Waals surface area contributed by atoms with Gasteiger partial charge < -0.3 is 15.0 Å². The van der Waals surface area contributed by atoms with Crippen molar-refractivity contribution in [3.8, 4) is 0 Å². The van der Waals surface area contributed by atoms with Crippen molar-refractivity contribution in [2.45, 2.75) is 64.1 Å². The van der Waals surface area contributed by atoms with Crippen LogP contribution in [0.15, 0.2) is 0 Å². The molecule has 0 aromatic heterocycles. The van der Waals surface area contributed by atoms with Gasteiger partial charge in [-0.1, -0.05) is 0 Å². The third-order valence-corrected chi connectivity index (χ3v) is 5.84. The third-order valence-electron chi connectivity index (χ3n) is 5.84. The lowest BCUT2D eigenvalue weighted by molar-refractivity contribution is 0.00253. The molecule has 1 amide bonds. The van der Waals surface area contributed by atoms with Gasteiger partial charge >= 0.3 is 6.09 Å². The summed E-state index contributed by atoms with van der Waals surface area (Å²) in [6, 6.07) is 1.41. The molecule has 0 saturated carbocycles. The molecule has 4 rings (SSSR count). The minimum Gasteiger partial charge on any atom is -0.444 e. The number of nitrogens with one attached hydrogen (secondary N) is 1. The van der Waals surface area contributed by atoms with Crippen LogP contribution in [-0.4, -0.2) is 66.8 Å². The van der Waals surface area contributed by atoms with E-state index in [0.717, 1.165) is 30.7 Å². The molecule has 23 heavy (non-hydrogen) atoms. The number of amides is 1. The predicted molar refractivity (Wildman–Crippen MR) is 91.5 cm³/mol. The zero-order valence-electron chi connectivity index (χ0n) is 15.2. The van der Waals surface area contributed by atoms with Crippen LogP contribution in [0.5, 0.6) is 0 Å². The van der Waals surface area contributed by atoms with Crippen molar-refractivity contribution in [3.63, 3.8) is 0 Å². The highest BCUT2D eigenvalue weighted by atomic mass is 16.6. The lowest BCUT2D eigenvalue weighted by Crippen LogP contribution is -2.57. The highest BCUT2D eigenvalue weighted by molar-refractivity contribution is 5.67. The number of ether oxygens (including phenoxy) is 1. The molecule has 3 atom stereocenters. The maximum atomic E-state index is 11.7. The van der Waals surface area contributed by atoms with Gasteiger partial charge in [-0.2, -0.15) is 0 Å². The molecule has 0 radical (unpaired) electrons. The molecule has 0 aliphatic carbocycles. The van der Waals surface area contributed by atoms with Gasteiger partial charge in [0.1, 0.15) is 5.60 Å². The van der Waals surface area contributed by atoms with Crippen LogP contribution in [0.25, 0.3) is 0 Å². The van der Waals surface area contributed by atoms with Crippen LogP contribution in [0.3, 0.4) is 0 Å². The molecule has 0 spiro atoms. The first-order chi connectivity index (χ1) is 10.8. The number of likely N-dealkylation sites (tertiary alicyclic amines) is 1. The summed E-state index contributed by atoms with van der Waals surface area (Å²) in [5.74, 6) is 1.84. The summed E-state index contributed by atoms with van der Waals surface area (Å²) in [5.41, 5.74) is -0.419. The van der Waals surface area contributed by atoms with Crippen LogP contribution in [0.2, 0.25) is 0 Å². The van der Waals surface area contributed by atoms with Gasteiger partial charge in [-0.25, -0.2) is 4.79 Å². The number of fused-ring (bicyclic) bond motifs is 2. The SMILES string of the molecule is CN1CC2C3CCN(CC3)C2C1CCCNC(=O)OC(C)(C)C. The average Bonchev–Trinajstić information content (AvgIpc) is 2.81. The van der Waals surface area contributed by atoms with E-state index in [9.17, 15) is 4.79 Å². The molecule has 5 nitrogen and oxygen atoms in total. The van der Waals surface area contributed by atoms with E-state index in [1.54, 1.807) is 0 Å². The van der Waals surface area contributed by atoms with Crippen molar-refractivity contribution >= 4 is 6.09 Å². The lowest BCUT2D eigenvalue weighted by atomic mass is 9.73. The Balaban J connectivity index is 1.44. The molecule has 4 fully saturated rings. The number of nitrogens with zero attached hydrogens (tertiary/aromatic N) is 2. The molecular formula is C18H33N3O2. The number of alkyl carbamates (subject to hydrolysis) is 1. The molecule has 5 heteroatoms. The number of hydrogen-bond acceptors (Lipinski definition) is 4. The zero-order valence-corrected chi connectivity index (χ0v) is 15.2. The van der Waals surface area contributed by atoms with E-state index in [1.165, 1.54) is 32.5 Å². The molecule has 0 aromatic rings. The summed E-state index contributed by atoms with van der Waals surface area (Å²) in [6.45, 7) is 10.3. The van der Waals surface area contributed by atoms with Crippen LogP contribution in [0.4, 0.5) is 4.79 Å². The molecule has 2 bridgehead atoms. The Morgan fingerprint density at radius 1 is 1.26 bits per heavy atom. The van der Waals surface area contributed by atoms with Gasteiger partial charge in [0.25, 0.3) is 0 Å². The standard InChI is InChI=1S/C18H33N3O2/c1-18(2,3)23-17(22)19-9-5-6-15-16-14(12-20(15)4)13-7-10-21(16)11-8-13/h13-16H,5-12H2,1-4H3,(H,19,22). The Morgan fingerprint density at radius 2 is 1.96 bits per heavy atom. The first kappa shape index (κ1) is 17.0. The van der Waals surface area contributed by atoms with E-state index in [2.05, 4.69) is 22.2 Å². The maximum Gasteiger partial charge on any atom is 0.407 e. The van der Waals surface area contributed by atoms with Crippen LogP contribution >= 0.6 is 0 Å². The fourth-order valence-corrected chi connectivity index (χ4v) is 4.92. The van der Waals surface area contributed by atoms with E-state index < -0.39 is 5.60 Å². The van der Waals surface area contributed by atoms with Gasteiger partial charge in [0.2, 0.25) is 0 Å². The largest absolute Gasteiger partial charge is 0.444 e. The number of rotatable bonds is 4. The van der Waals surface area contributed by atoms with Crippen LogP contribution in [0.1, 0.15) is 46.5 Å². The van der Waals surface area contributed by atoms with Crippen LogP contribution in [0, 0.1) is 11.8 Å². The lowest BCUT2D eigenvalue weighted by Gasteiger charge is -2.49. The number of hydrogen-bond donors (Lipinski definition) is 1. The van der Waals surface area contributed by atoms with Crippen molar-refractivity contribution < 1.29 is 9.53 Å². The minimum atomic E-state index is -0.419. The van der Waals surface area contributed by atoms with Crippen LogP contribution < -0.4 is 5.32 Å². The minimum absolute atomic E-state index is 0.296. The van der Waals surface area contributed by atoms with Gasteiger partial charge in [-0.3, -0.25) is 4.90 Å². The Morgan fingerprint density at radius 3 is 2.61 bits per heavy atom. The topological polar surface area (TPSA) is 44.8 Å². The Bertz CT molecular complexity index is 426. The van der Waals surface area contributed by atoms with Gasteiger partial charge in [0, 0.05) is 25.2 Å². The van der Waals surface area contributed by atoms with Gasteiger partial charge in [0.05, 0.1) is 0 Å². The summed E-state index contributed by atoms with van der Waals surface area (Å²) in [5, 5.41) is 2.89. The second-order valence-corrected chi connectivity index (χ2v) is 8.61. The van der Waals surface area contributed by atoms with E-state index in [0.29, 0.717) is 12.6 Å². The summed E-state index contributed by atoms with van der Waals surface area (Å²) in [6.07, 6.45) is 4.70. The normalized spacial score (nSPS) is 36.8. The molecule has 1 N–H and O–H groups in total. The third kappa shape index (κ3) is 3.82. The fraction of sp³-hybridized carbons (Fsp3) is 0.944. The molecule has 4 aliphatic rings. The molecule has 4 aliphatic heterocycles. The highest BCUT2D eigenvalue weighted by Crippen LogP contribution is 2.44. The second-order valence-electron chi connectivity index (χ2n) is 8.61. The molecule has 4 heterocycles. The smallest absolute Gasteiger partial charge is 0.407 e. The monoisotopic (exact) mass is 323 g/mol. The van der Waals surface area contributed by atoms with E-state index in [1.807, 2.05) is 20.8 Å². The van der Waals surface area contributed by atoms with Gasteiger partial charge in [-0.05, 0) is 78.4 Å². The zero-order chi connectivity index (χ0) is 16.6. The molecular weight excluding hydrogens is 290 g/mol. The Labute approximate surface area is 140 Å². The highest BCUT2D eigenvalue weighted by Gasteiger charge is 2.50. The molecule has 0 aromatic carbocycles. The number of likely N-dealkylation sites (N-methyl/N-ethyl adjacent to an activating group) is 1. The van der Waals surface area contributed by atoms with Crippen molar-refractivity contribution in [1.29, 1.82) is 0 Å². The Hall–Kier alpha value is -0.810. The van der Waals surface area contributed by atoms with Crippen molar-refractivity contribution in [3.05, 3.63) is 0 Å². The van der Waals surface area contributed by atoms with Gasteiger partial charge in [-0.15, -0.1) is 0 Å². The summed E-state index contributed by atoms with van der Waals surface area (Å²) < 4.78 is 5.29. The second kappa shape index (κ2) is 6.60. The van der Waals surface area contributed by atoms with Crippen molar-refractivity contribution in [2.75, 3.05) is 33.2 Å². The number of piperidine rings is 3. The van der Waals surface area contributed by atoms with Gasteiger partial charge in [0.15, 0.2) is 0 Å². The number of carbonyl (C=O) groups excluding carboxylic acids is 1. The summed E-state index contributed by atoms with van der Waals surface area (Å²) in [7, 11) is 2.28. The predicted octanol–water partition coefficient (Wildman–Crippen LogP) is 2.32. The quantitative estimate of drug-likeness (QED) is 0.807. The molecule has 132 valence electrons. The fourth-order valence-electron chi connectivity index (χ4n) is 4.92. The number of carbonyl (C=O) groups is 1. The maximum absolute atomic E-state index is 11.7. The average molecular weight is 323 g/mol. The van der Waals surface area contributed by atoms with Crippen molar-refractivity contribution in [2.24, 2.45) is 11.8 Å². The van der Waals surface area contributed by atoms with E-state index in [4.69, 9.17) is 4.74 Å². The summed E-state index contributed by atoms with van der Waals surface area (Å²) in [4.78, 5) is 17.0. The molecule has 3 unspecified atom stereocenters. The Kier molecular flexibility index (Phi) is 4.88. The van der Waals surface area contributed by atoms with Crippen LogP contribution in [-0.2, 0) is 4.74 Å².